The molecule has 16 heavy (non-hydrogen) atoms. The van der Waals surface area contributed by atoms with E-state index in [0.29, 0.717) is 12.5 Å². The maximum Gasteiger partial charge on any atom is 0.210 e. The van der Waals surface area contributed by atoms with Crippen LogP contribution >= 0.6 is 0 Å². The highest BCUT2D eigenvalue weighted by Gasteiger charge is 1.99. The third-order valence-electron chi connectivity index (χ3n) is 2.08. The number of nitrogens with two attached hydrogens (primary N) is 1. The van der Waals surface area contributed by atoms with Crippen molar-refractivity contribution in [3.05, 3.63) is 24.3 Å². The van der Waals surface area contributed by atoms with Crippen molar-refractivity contribution in [1.29, 1.82) is 0 Å². The van der Waals surface area contributed by atoms with Crippen LogP contribution in [0.2, 0.25) is 0 Å². The Kier molecular flexibility index (Phi) is 4.60. The van der Waals surface area contributed by atoms with E-state index in [1.807, 2.05) is 50.2 Å². The van der Waals surface area contributed by atoms with E-state index in [4.69, 9.17) is 5.84 Å². The molecule has 0 saturated carbocycles. The number of hydrogen-bond acceptors (Lipinski definition) is 3. The van der Waals surface area contributed by atoms with Crippen molar-refractivity contribution in [2.45, 2.75) is 6.92 Å². The van der Waals surface area contributed by atoms with Gasteiger partial charge in [0.05, 0.1) is 0 Å². The van der Waals surface area contributed by atoms with Crippen molar-refractivity contribution < 1.29 is 0 Å². The Morgan fingerprint density at radius 2 is 2.19 bits per heavy atom. The molecule has 1 aromatic carbocycles. The normalized spacial score (nSPS) is 11.1. The Hall–Kier alpha value is -1.75. The molecule has 0 amide bonds. The summed E-state index contributed by atoms with van der Waals surface area (Å²) in [6, 6.07) is 8.02. The van der Waals surface area contributed by atoms with Crippen LogP contribution in [0.25, 0.3) is 0 Å². The summed E-state index contributed by atoms with van der Waals surface area (Å²) in [5.41, 5.74) is 4.60. The van der Waals surface area contributed by atoms with E-state index >= 15 is 0 Å². The average molecular weight is 221 g/mol. The van der Waals surface area contributed by atoms with Crippen LogP contribution in [-0.2, 0) is 0 Å². The molecule has 88 valence electrons. The molecule has 0 spiro atoms. The minimum atomic E-state index is 0.568. The zero-order valence-corrected chi connectivity index (χ0v) is 9.99. The van der Waals surface area contributed by atoms with E-state index in [-0.39, 0.29) is 0 Å². The van der Waals surface area contributed by atoms with Gasteiger partial charge in [0.2, 0.25) is 5.96 Å². The summed E-state index contributed by atoms with van der Waals surface area (Å²) in [5, 5.41) is 3.11. The first-order valence-corrected chi connectivity index (χ1v) is 5.23. The van der Waals surface area contributed by atoms with Crippen LogP contribution in [-0.4, -0.2) is 26.6 Å². The van der Waals surface area contributed by atoms with E-state index in [1.165, 1.54) is 0 Å². The molecule has 0 bridgehead atoms. The Morgan fingerprint density at radius 3 is 2.75 bits per heavy atom. The third-order valence-corrected chi connectivity index (χ3v) is 2.08. The lowest BCUT2D eigenvalue weighted by molar-refractivity contribution is 0.986. The number of guanidine groups is 1. The highest BCUT2D eigenvalue weighted by Crippen LogP contribution is 2.16. The molecule has 0 saturated heterocycles. The van der Waals surface area contributed by atoms with Crippen LogP contribution in [0, 0.1) is 0 Å². The minimum Gasteiger partial charge on any atom is -0.378 e. The van der Waals surface area contributed by atoms with E-state index in [1.54, 1.807) is 0 Å². The summed E-state index contributed by atoms with van der Waals surface area (Å²) >= 11 is 0. The molecule has 1 rings (SSSR count). The third kappa shape index (κ3) is 3.43. The van der Waals surface area contributed by atoms with E-state index < -0.39 is 0 Å². The SMILES string of the molecule is CCN=C(NN)Nc1cccc(N(C)C)c1. The summed E-state index contributed by atoms with van der Waals surface area (Å²) in [6.45, 7) is 2.63. The van der Waals surface area contributed by atoms with Gasteiger partial charge in [-0.1, -0.05) is 6.07 Å². The molecule has 0 fully saturated rings. The molecule has 0 radical (unpaired) electrons. The lowest BCUT2D eigenvalue weighted by Crippen LogP contribution is -2.36. The van der Waals surface area contributed by atoms with Crippen LogP contribution in [0.1, 0.15) is 6.92 Å². The quantitative estimate of drug-likeness (QED) is 0.308. The van der Waals surface area contributed by atoms with Gasteiger partial charge in [0.15, 0.2) is 0 Å². The molecule has 0 unspecified atom stereocenters. The van der Waals surface area contributed by atoms with Gasteiger partial charge in [-0.3, -0.25) is 10.4 Å². The second-order valence-electron chi connectivity index (χ2n) is 3.54. The topological polar surface area (TPSA) is 65.7 Å². The van der Waals surface area contributed by atoms with Crippen molar-refractivity contribution in [2.24, 2.45) is 10.8 Å². The molecule has 4 N–H and O–H groups in total. The molecule has 0 heterocycles. The smallest absolute Gasteiger partial charge is 0.210 e. The summed E-state index contributed by atoms with van der Waals surface area (Å²) in [5.74, 6) is 5.92. The maximum absolute atomic E-state index is 5.35. The molecular formula is C11H19N5. The van der Waals surface area contributed by atoms with Crippen molar-refractivity contribution in [3.63, 3.8) is 0 Å². The molecule has 0 aliphatic carbocycles. The van der Waals surface area contributed by atoms with Gasteiger partial charge in [-0.2, -0.15) is 0 Å². The summed E-state index contributed by atoms with van der Waals surface area (Å²) in [4.78, 5) is 6.21. The first-order chi connectivity index (χ1) is 7.67. The molecule has 5 heteroatoms. The molecular weight excluding hydrogens is 202 g/mol. The molecule has 5 nitrogen and oxygen atoms in total. The van der Waals surface area contributed by atoms with Crippen molar-refractivity contribution in [1.82, 2.24) is 5.43 Å². The largest absolute Gasteiger partial charge is 0.378 e. The van der Waals surface area contributed by atoms with Crippen LogP contribution in [0.15, 0.2) is 29.3 Å². The minimum absolute atomic E-state index is 0.568. The molecule has 0 atom stereocenters. The fourth-order valence-corrected chi connectivity index (χ4v) is 1.28. The van der Waals surface area contributed by atoms with Gasteiger partial charge in [0, 0.05) is 32.0 Å². The van der Waals surface area contributed by atoms with E-state index in [2.05, 4.69) is 15.7 Å². The second kappa shape index (κ2) is 5.97. The zero-order chi connectivity index (χ0) is 12.0. The Labute approximate surface area is 96.3 Å². The van der Waals surface area contributed by atoms with Crippen molar-refractivity contribution >= 4 is 17.3 Å². The number of benzene rings is 1. The van der Waals surface area contributed by atoms with Crippen molar-refractivity contribution in [3.8, 4) is 0 Å². The van der Waals surface area contributed by atoms with Crippen molar-refractivity contribution in [2.75, 3.05) is 30.9 Å². The van der Waals surface area contributed by atoms with Gasteiger partial charge in [-0.15, -0.1) is 0 Å². The highest BCUT2D eigenvalue weighted by molar-refractivity contribution is 5.93. The van der Waals surface area contributed by atoms with E-state index in [0.717, 1.165) is 11.4 Å². The summed E-state index contributed by atoms with van der Waals surface area (Å²) in [6.07, 6.45) is 0. The van der Waals surface area contributed by atoms with Crippen LogP contribution < -0.4 is 21.5 Å². The predicted octanol–water partition coefficient (Wildman–Crippen LogP) is 1.00. The van der Waals surface area contributed by atoms with Gasteiger partial charge in [-0.05, 0) is 25.1 Å². The Bertz CT molecular complexity index is 359. The zero-order valence-electron chi connectivity index (χ0n) is 9.99. The van der Waals surface area contributed by atoms with Crippen LogP contribution in [0.4, 0.5) is 11.4 Å². The van der Waals surface area contributed by atoms with Gasteiger partial charge < -0.3 is 10.2 Å². The first-order valence-electron chi connectivity index (χ1n) is 5.23. The van der Waals surface area contributed by atoms with Gasteiger partial charge in [0.1, 0.15) is 0 Å². The fourth-order valence-electron chi connectivity index (χ4n) is 1.28. The fraction of sp³-hybridized carbons (Fsp3) is 0.364. The average Bonchev–Trinajstić information content (AvgIpc) is 2.29. The number of rotatable bonds is 3. The van der Waals surface area contributed by atoms with Gasteiger partial charge in [0.25, 0.3) is 0 Å². The lowest BCUT2D eigenvalue weighted by atomic mass is 10.2. The Morgan fingerprint density at radius 1 is 1.44 bits per heavy atom. The summed E-state index contributed by atoms with van der Waals surface area (Å²) in [7, 11) is 4.00. The number of aliphatic imine (C=N–C) groups is 1. The number of hydrazine groups is 1. The van der Waals surface area contributed by atoms with Crippen LogP contribution in [0.5, 0.6) is 0 Å². The number of nitrogens with zero attached hydrogens (tertiary/aromatic N) is 2. The predicted molar refractivity (Wildman–Crippen MR) is 69.7 cm³/mol. The second-order valence-corrected chi connectivity index (χ2v) is 3.54. The van der Waals surface area contributed by atoms with Gasteiger partial charge >= 0.3 is 0 Å². The molecule has 0 aromatic heterocycles. The molecule has 1 aromatic rings. The first kappa shape index (κ1) is 12.3. The monoisotopic (exact) mass is 221 g/mol. The van der Waals surface area contributed by atoms with E-state index in [9.17, 15) is 0 Å². The summed E-state index contributed by atoms with van der Waals surface area (Å²) < 4.78 is 0. The standard InChI is InChI=1S/C11H19N5/c1-4-13-11(15-12)14-9-6-5-7-10(8-9)16(2)3/h5-8H,4,12H2,1-3H3,(H2,13,14,15). The molecule has 0 aliphatic rings. The lowest BCUT2D eigenvalue weighted by Gasteiger charge is -2.15. The molecule has 0 aliphatic heterocycles. The van der Waals surface area contributed by atoms with Gasteiger partial charge in [-0.25, -0.2) is 5.84 Å². The number of anilines is 2. The number of hydrogen-bond donors (Lipinski definition) is 3. The highest BCUT2D eigenvalue weighted by atomic mass is 15.3. The maximum atomic E-state index is 5.35. The number of nitrogens with one attached hydrogen (secondary N) is 2. The van der Waals surface area contributed by atoms with Crippen LogP contribution in [0.3, 0.4) is 0 Å². The Balaban J connectivity index is 2.80.